The van der Waals surface area contributed by atoms with Crippen molar-refractivity contribution in [2.45, 2.75) is 56.4 Å². The van der Waals surface area contributed by atoms with Crippen molar-refractivity contribution in [3.05, 3.63) is 29.6 Å². The summed E-state index contributed by atoms with van der Waals surface area (Å²) in [6.07, 6.45) is 3.47. The van der Waals surface area contributed by atoms with Crippen LogP contribution in [0.25, 0.3) is 0 Å². The lowest BCUT2D eigenvalue weighted by Gasteiger charge is -2.41. The van der Waals surface area contributed by atoms with Gasteiger partial charge in [0.15, 0.2) is 11.6 Å². The molecule has 0 amide bonds. The van der Waals surface area contributed by atoms with Crippen LogP contribution in [0.5, 0.6) is 0 Å². The van der Waals surface area contributed by atoms with Crippen LogP contribution >= 0.6 is 0 Å². The molecule has 1 aromatic carbocycles. The molecule has 1 aromatic rings. The van der Waals surface area contributed by atoms with Crippen LogP contribution < -0.4 is 0 Å². The van der Waals surface area contributed by atoms with Crippen molar-refractivity contribution >= 4 is 16.0 Å². The van der Waals surface area contributed by atoms with Crippen molar-refractivity contribution in [1.82, 2.24) is 4.31 Å². The molecule has 2 aliphatic heterocycles. The summed E-state index contributed by atoms with van der Waals surface area (Å²) >= 11 is 0. The van der Waals surface area contributed by atoms with Crippen LogP contribution in [0.15, 0.2) is 17.0 Å². The number of ether oxygens (including phenoxy) is 2. The van der Waals surface area contributed by atoms with E-state index < -0.39 is 43.8 Å². The van der Waals surface area contributed by atoms with E-state index in [-0.39, 0.29) is 44.7 Å². The Bertz CT molecular complexity index is 879. The predicted molar refractivity (Wildman–Crippen MR) is 102 cm³/mol. The molecule has 168 valence electrons. The highest BCUT2D eigenvalue weighted by Crippen LogP contribution is 2.41. The van der Waals surface area contributed by atoms with E-state index in [1.807, 2.05) is 0 Å². The Morgan fingerprint density at radius 2 is 1.83 bits per heavy atom. The number of piperidine rings is 1. The fraction of sp³-hybridized carbons (Fsp3) is 0.650. The van der Waals surface area contributed by atoms with Crippen molar-refractivity contribution in [3.63, 3.8) is 0 Å². The predicted octanol–water partition coefficient (Wildman–Crippen LogP) is 3.40. The monoisotopic (exact) mass is 449 g/mol. The Hall–Kier alpha value is -1.65. The van der Waals surface area contributed by atoms with Crippen LogP contribution in [0.2, 0.25) is 0 Å². The smallest absolute Gasteiger partial charge is 0.312 e. The first kappa shape index (κ1) is 23.0. The minimum absolute atomic E-state index is 0.0632. The molecule has 2 saturated heterocycles. The average molecular weight is 449 g/mol. The van der Waals surface area contributed by atoms with Gasteiger partial charge in [-0.05, 0) is 51.5 Å². The molecular weight excluding hydrogens is 423 g/mol. The molecule has 0 aliphatic carbocycles. The van der Waals surface area contributed by atoms with Crippen molar-refractivity contribution in [1.29, 1.82) is 0 Å². The maximum Gasteiger partial charge on any atom is 0.312 e. The van der Waals surface area contributed by atoms with E-state index in [2.05, 4.69) is 0 Å². The highest BCUT2D eigenvalue weighted by atomic mass is 32.2. The van der Waals surface area contributed by atoms with E-state index in [0.717, 1.165) is 23.6 Å². The molecule has 10 heteroatoms. The highest BCUT2D eigenvalue weighted by molar-refractivity contribution is 7.89. The molecule has 0 unspecified atom stereocenters. The van der Waals surface area contributed by atoms with Gasteiger partial charge in [-0.1, -0.05) is 0 Å². The number of benzene rings is 1. The normalized spacial score (nSPS) is 22.6. The molecule has 2 heterocycles. The third-order valence-electron chi connectivity index (χ3n) is 5.87. The second-order valence-electron chi connectivity index (χ2n) is 7.79. The van der Waals surface area contributed by atoms with Crippen molar-refractivity contribution in [2.24, 2.45) is 5.41 Å². The Labute approximate surface area is 174 Å². The van der Waals surface area contributed by atoms with Gasteiger partial charge in [-0.25, -0.2) is 21.6 Å². The van der Waals surface area contributed by atoms with Crippen LogP contribution in [-0.2, 0) is 24.3 Å². The van der Waals surface area contributed by atoms with Gasteiger partial charge in [0.2, 0.25) is 10.0 Å². The fourth-order valence-electron chi connectivity index (χ4n) is 4.18. The second kappa shape index (κ2) is 9.23. The number of rotatable bonds is 6. The van der Waals surface area contributed by atoms with E-state index in [0.29, 0.717) is 19.1 Å². The first-order valence-corrected chi connectivity index (χ1v) is 11.6. The number of sulfonamides is 1. The quantitative estimate of drug-likeness (QED) is 0.492. The summed E-state index contributed by atoms with van der Waals surface area (Å²) in [5.41, 5.74) is -0.892. The number of hydrogen-bond donors (Lipinski definition) is 0. The zero-order valence-electron chi connectivity index (χ0n) is 16.8. The summed E-state index contributed by atoms with van der Waals surface area (Å²) in [5, 5.41) is 0. The Morgan fingerprint density at radius 1 is 1.17 bits per heavy atom. The van der Waals surface area contributed by atoms with Crippen molar-refractivity contribution in [2.75, 3.05) is 26.3 Å². The minimum atomic E-state index is -4.38. The van der Waals surface area contributed by atoms with Gasteiger partial charge in [-0.3, -0.25) is 4.79 Å². The fourth-order valence-corrected chi connectivity index (χ4v) is 5.67. The molecule has 0 bridgehead atoms. The van der Waals surface area contributed by atoms with Gasteiger partial charge in [0.25, 0.3) is 0 Å². The molecule has 6 nitrogen and oxygen atoms in total. The SMILES string of the molecule is CCOC(=O)C1(C[C@H]2CCCCO2)CCN(S(=O)(=O)c2cc(F)c(F)cc2F)CC1. The van der Waals surface area contributed by atoms with E-state index in [9.17, 15) is 26.4 Å². The molecule has 3 rings (SSSR count). The second-order valence-corrected chi connectivity index (χ2v) is 9.70. The van der Waals surface area contributed by atoms with Crippen molar-refractivity contribution in [3.8, 4) is 0 Å². The molecular formula is C20H26F3NO5S. The zero-order chi connectivity index (χ0) is 21.9. The summed E-state index contributed by atoms with van der Waals surface area (Å²) in [6.45, 7) is 2.40. The Morgan fingerprint density at radius 3 is 2.43 bits per heavy atom. The number of carbonyl (C=O) groups excluding carboxylic acids is 1. The number of halogens is 3. The van der Waals surface area contributed by atoms with E-state index in [1.165, 1.54) is 0 Å². The first-order valence-electron chi connectivity index (χ1n) is 10.1. The summed E-state index contributed by atoms with van der Waals surface area (Å²) in [6, 6.07) is 0.568. The van der Waals surface area contributed by atoms with E-state index in [1.54, 1.807) is 6.92 Å². The largest absolute Gasteiger partial charge is 0.466 e. The molecule has 30 heavy (non-hydrogen) atoms. The Balaban J connectivity index is 1.80. The van der Waals surface area contributed by atoms with Crippen molar-refractivity contribution < 1.29 is 35.9 Å². The average Bonchev–Trinajstić information content (AvgIpc) is 2.72. The van der Waals surface area contributed by atoms with Gasteiger partial charge in [0, 0.05) is 25.8 Å². The lowest BCUT2D eigenvalue weighted by molar-refractivity contribution is -0.162. The molecule has 0 spiro atoms. The van der Waals surface area contributed by atoms with E-state index >= 15 is 0 Å². The minimum Gasteiger partial charge on any atom is -0.466 e. The third kappa shape index (κ3) is 4.65. The van der Waals surface area contributed by atoms with Crippen LogP contribution in [-0.4, -0.2) is 51.1 Å². The van der Waals surface area contributed by atoms with Gasteiger partial charge in [0.05, 0.1) is 18.1 Å². The highest BCUT2D eigenvalue weighted by Gasteiger charge is 2.47. The van der Waals surface area contributed by atoms with Gasteiger partial charge in [0.1, 0.15) is 10.7 Å². The maximum absolute atomic E-state index is 14.1. The maximum atomic E-state index is 14.1. The van der Waals surface area contributed by atoms with Crippen LogP contribution in [0.4, 0.5) is 13.2 Å². The van der Waals surface area contributed by atoms with Crippen LogP contribution in [0.3, 0.4) is 0 Å². The van der Waals surface area contributed by atoms with Gasteiger partial charge >= 0.3 is 5.97 Å². The summed E-state index contributed by atoms with van der Waals surface area (Å²) in [5.74, 6) is -4.65. The molecule has 1 atom stereocenters. The van der Waals surface area contributed by atoms with Crippen LogP contribution in [0, 0.1) is 22.9 Å². The topological polar surface area (TPSA) is 72.9 Å². The number of nitrogens with zero attached hydrogens (tertiary/aromatic N) is 1. The number of hydrogen-bond acceptors (Lipinski definition) is 5. The third-order valence-corrected chi connectivity index (χ3v) is 7.79. The first-order chi connectivity index (χ1) is 14.2. The van der Waals surface area contributed by atoms with E-state index in [4.69, 9.17) is 9.47 Å². The lowest BCUT2D eigenvalue weighted by atomic mass is 9.73. The molecule has 0 N–H and O–H groups in total. The molecule has 2 fully saturated rings. The summed E-state index contributed by atoms with van der Waals surface area (Å²) in [7, 11) is -4.38. The van der Waals surface area contributed by atoms with Gasteiger partial charge in [-0.15, -0.1) is 0 Å². The molecule has 0 saturated carbocycles. The van der Waals surface area contributed by atoms with Gasteiger partial charge in [-0.2, -0.15) is 4.31 Å². The zero-order valence-corrected chi connectivity index (χ0v) is 17.7. The number of carbonyl (C=O) groups is 1. The molecule has 0 radical (unpaired) electrons. The summed E-state index contributed by atoms with van der Waals surface area (Å²) in [4.78, 5) is 11.8. The summed E-state index contributed by atoms with van der Waals surface area (Å²) < 4.78 is 78.5. The number of esters is 1. The lowest BCUT2D eigenvalue weighted by Crippen LogP contribution is -2.49. The van der Waals surface area contributed by atoms with Crippen LogP contribution in [0.1, 0.15) is 45.4 Å². The molecule has 2 aliphatic rings. The standard InChI is InChI=1S/C20H26F3NO5S/c1-2-28-19(25)20(13-14-5-3-4-10-29-14)6-8-24(9-7-20)30(26,27)18-12-16(22)15(21)11-17(18)23/h11-12,14H,2-10,13H2,1H3/t14-/m1/s1. The molecule has 0 aromatic heterocycles. The van der Waals surface area contributed by atoms with Gasteiger partial charge < -0.3 is 9.47 Å². The Kier molecular flexibility index (Phi) is 7.09.